The number of methoxy groups -OCH3 is 2. The fourth-order valence-electron chi connectivity index (χ4n) is 1.19. The molecule has 0 heterocycles. The Bertz CT molecular complexity index is 414. The van der Waals surface area contributed by atoms with Gasteiger partial charge in [-0.25, -0.2) is 0 Å². The molecule has 0 radical (unpaired) electrons. The summed E-state index contributed by atoms with van der Waals surface area (Å²) in [6.45, 7) is 0. The molecule has 17 heavy (non-hydrogen) atoms. The standard InChI is InChI=1S/C10H12BrNO4.ClH/c1-15-7-4-5(3-6(11)9(7)13)8(12)10(14)16-2;/h3-4,8,13H,12H2,1-2H3;1H/t8-;/m1./s1. The molecule has 1 rings (SSSR count). The minimum atomic E-state index is -0.907. The van der Waals surface area contributed by atoms with Crippen molar-refractivity contribution in [3.05, 3.63) is 22.2 Å². The van der Waals surface area contributed by atoms with Crippen LogP contribution in [-0.4, -0.2) is 25.3 Å². The van der Waals surface area contributed by atoms with Crippen molar-refractivity contribution in [3.63, 3.8) is 0 Å². The van der Waals surface area contributed by atoms with Crippen LogP contribution in [0.25, 0.3) is 0 Å². The van der Waals surface area contributed by atoms with E-state index in [0.29, 0.717) is 10.0 Å². The monoisotopic (exact) mass is 325 g/mol. The van der Waals surface area contributed by atoms with E-state index >= 15 is 0 Å². The van der Waals surface area contributed by atoms with Gasteiger partial charge in [0.15, 0.2) is 11.5 Å². The Labute approximate surface area is 113 Å². The summed E-state index contributed by atoms with van der Waals surface area (Å²) in [5.74, 6) is -0.355. The molecule has 0 bridgehead atoms. The number of phenolic OH excluding ortho intramolecular Hbond substituents is 1. The maximum atomic E-state index is 11.2. The fraction of sp³-hybridized carbons (Fsp3) is 0.300. The number of phenols is 1. The van der Waals surface area contributed by atoms with Gasteiger partial charge >= 0.3 is 5.97 Å². The van der Waals surface area contributed by atoms with Crippen molar-refractivity contribution in [2.75, 3.05) is 14.2 Å². The van der Waals surface area contributed by atoms with Gasteiger partial charge in [0, 0.05) is 0 Å². The van der Waals surface area contributed by atoms with Crippen molar-refractivity contribution in [2.24, 2.45) is 5.73 Å². The lowest BCUT2D eigenvalue weighted by Crippen LogP contribution is -2.22. The van der Waals surface area contributed by atoms with Crippen molar-refractivity contribution in [2.45, 2.75) is 6.04 Å². The van der Waals surface area contributed by atoms with Gasteiger partial charge in [-0.1, -0.05) is 0 Å². The molecule has 1 aromatic rings. The summed E-state index contributed by atoms with van der Waals surface area (Å²) in [6, 6.07) is 2.12. The smallest absolute Gasteiger partial charge is 0.327 e. The molecule has 5 nitrogen and oxygen atoms in total. The van der Waals surface area contributed by atoms with Crippen LogP contribution in [0.3, 0.4) is 0 Å². The van der Waals surface area contributed by atoms with E-state index in [-0.39, 0.29) is 23.9 Å². The molecule has 96 valence electrons. The number of nitrogens with two attached hydrogens (primary N) is 1. The van der Waals surface area contributed by atoms with Crippen molar-refractivity contribution in [3.8, 4) is 11.5 Å². The zero-order valence-corrected chi connectivity index (χ0v) is 11.7. The maximum absolute atomic E-state index is 11.2. The van der Waals surface area contributed by atoms with Gasteiger partial charge in [-0.2, -0.15) is 0 Å². The number of carbonyl (C=O) groups excluding carboxylic acids is 1. The number of hydrogen-bond donors (Lipinski definition) is 2. The zero-order valence-electron chi connectivity index (χ0n) is 9.27. The largest absolute Gasteiger partial charge is 0.503 e. The van der Waals surface area contributed by atoms with E-state index in [1.807, 2.05) is 0 Å². The molecule has 0 spiro atoms. The summed E-state index contributed by atoms with van der Waals surface area (Å²) < 4.78 is 9.87. The van der Waals surface area contributed by atoms with Gasteiger partial charge in [-0.05, 0) is 33.6 Å². The van der Waals surface area contributed by atoms with E-state index in [1.165, 1.54) is 20.3 Å². The van der Waals surface area contributed by atoms with Crippen LogP contribution < -0.4 is 10.5 Å². The molecule has 0 aliphatic carbocycles. The van der Waals surface area contributed by atoms with Crippen LogP contribution in [0.1, 0.15) is 11.6 Å². The second-order valence-corrected chi connectivity index (χ2v) is 3.91. The normalized spacial score (nSPS) is 11.3. The molecule has 1 aromatic carbocycles. The fourth-order valence-corrected chi connectivity index (χ4v) is 1.65. The highest BCUT2D eigenvalue weighted by Crippen LogP contribution is 2.36. The van der Waals surface area contributed by atoms with E-state index in [9.17, 15) is 9.90 Å². The van der Waals surface area contributed by atoms with Crippen LogP contribution >= 0.6 is 28.3 Å². The first kappa shape index (κ1) is 16.0. The van der Waals surface area contributed by atoms with Crippen LogP contribution in [0.4, 0.5) is 0 Å². The van der Waals surface area contributed by atoms with Gasteiger partial charge < -0.3 is 20.3 Å². The summed E-state index contributed by atoms with van der Waals surface area (Å²) in [7, 11) is 2.67. The first-order valence-corrected chi connectivity index (χ1v) is 5.20. The number of aromatic hydroxyl groups is 1. The number of esters is 1. The highest BCUT2D eigenvalue weighted by Gasteiger charge is 2.19. The lowest BCUT2D eigenvalue weighted by atomic mass is 10.1. The first-order chi connectivity index (χ1) is 7.51. The number of hydrogen-bond acceptors (Lipinski definition) is 5. The third-order valence-corrected chi connectivity index (χ3v) is 2.69. The van der Waals surface area contributed by atoms with Crippen LogP contribution in [-0.2, 0) is 9.53 Å². The van der Waals surface area contributed by atoms with Gasteiger partial charge in [-0.15, -0.1) is 12.4 Å². The van der Waals surface area contributed by atoms with Gasteiger partial charge in [0.1, 0.15) is 6.04 Å². The highest BCUT2D eigenvalue weighted by atomic mass is 79.9. The molecular formula is C10H13BrClNO4. The van der Waals surface area contributed by atoms with Crippen LogP contribution in [0.2, 0.25) is 0 Å². The number of halogens is 2. The molecular weight excluding hydrogens is 313 g/mol. The van der Waals surface area contributed by atoms with Gasteiger partial charge in [0.2, 0.25) is 0 Å². The summed E-state index contributed by atoms with van der Waals surface area (Å²) in [5.41, 5.74) is 6.15. The third kappa shape index (κ3) is 3.49. The number of benzene rings is 1. The van der Waals surface area contributed by atoms with E-state index < -0.39 is 12.0 Å². The minimum Gasteiger partial charge on any atom is -0.503 e. The molecule has 0 aliphatic heterocycles. The average molecular weight is 327 g/mol. The summed E-state index contributed by atoms with van der Waals surface area (Å²) in [6.07, 6.45) is 0. The average Bonchev–Trinajstić information content (AvgIpc) is 2.30. The Kier molecular flexibility index (Phi) is 6.30. The predicted molar refractivity (Wildman–Crippen MR) is 68.6 cm³/mol. The van der Waals surface area contributed by atoms with Crippen molar-refractivity contribution >= 4 is 34.3 Å². The zero-order chi connectivity index (χ0) is 12.3. The molecule has 0 unspecified atom stereocenters. The lowest BCUT2D eigenvalue weighted by Gasteiger charge is -2.13. The summed E-state index contributed by atoms with van der Waals surface area (Å²) in [4.78, 5) is 11.2. The summed E-state index contributed by atoms with van der Waals surface area (Å²) in [5, 5.41) is 9.57. The maximum Gasteiger partial charge on any atom is 0.327 e. The Morgan fingerprint density at radius 2 is 2.06 bits per heavy atom. The lowest BCUT2D eigenvalue weighted by molar-refractivity contribution is -0.142. The third-order valence-electron chi connectivity index (χ3n) is 2.08. The highest BCUT2D eigenvalue weighted by molar-refractivity contribution is 9.10. The molecule has 7 heteroatoms. The SMILES string of the molecule is COC(=O)[C@H](N)c1cc(Br)c(O)c(OC)c1.Cl. The number of ether oxygens (including phenoxy) is 2. The molecule has 1 atom stereocenters. The van der Waals surface area contributed by atoms with E-state index in [1.54, 1.807) is 6.07 Å². The molecule has 3 N–H and O–H groups in total. The second-order valence-electron chi connectivity index (χ2n) is 3.05. The Morgan fingerprint density at radius 1 is 1.47 bits per heavy atom. The topological polar surface area (TPSA) is 81.8 Å². The molecule has 0 saturated heterocycles. The van der Waals surface area contributed by atoms with Crippen LogP contribution in [0.15, 0.2) is 16.6 Å². The predicted octanol–water partition coefficient (Wildman–Crippen LogP) is 1.76. The quantitative estimate of drug-likeness (QED) is 0.827. The minimum absolute atomic E-state index is 0. The van der Waals surface area contributed by atoms with Crippen molar-refractivity contribution in [1.29, 1.82) is 0 Å². The van der Waals surface area contributed by atoms with E-state index in [4.69, 9.17) is 10.5 Å². The van der Waals surface area contributed by atoms with Gasteiger partial charge in [0.25, 0.3) is 0 Å². The molecule has 0 fully saturated rings. The second kappa shape index (κ2) is 6.68. The van der Waals surface area contributed by atoms with Crippen LogP contribution in [0.5, 0.6) is 11.5 Å². The Hall–Kier alpha value is -0.980. The molecule has 0 aromatic heterocycles. The number of rotatable bonds is 3. The molecule has 0 amide bonds. The molecule has 0 saturated carbocycles. The molecule has 0 aliphatic rings. The van der Waals surface area contributed by atoms with E-state index in [0.717, 1.165) is 0 Å². The van der Waals surface area contributed by atoms with Crippen LogP contribution in [0, 0.1) is 0 Å². The van der Waals surface area contributed by atoms with E-state index in [2.05, 4.69) is 20.7 Å². The van der Waals surface area contributed by atoms with Crippen molar-refractivity contribution in [1.82, 2.24) is 0 Å². The Morgan fingerprint density at radius 3 is 2.53 bits per heavy atom. The first-order valence-electron chi connectivity index (χ1n) is 4.41. The number of carbonyl (C=O) groups is 1. The summed E-state index contributed by atoms with van der Waals surface area (Å²) >= 11 is 3.14. The van der Waals surface area contributed by atoms with Crippen molar-refractivity contribution < 1.29 is 19.4 Å². The van der Waals surface area contributed by atoms with Gasteiger partial charge in [0.05, 0.1) is 18.7 Å². The Balaban J connectivity index is 0.00000256. The van der Waals surface area contributed by atoms with Gasteiger partial charge in [-0.3, -0.25) is 4.79 Å².